The first-order valence-corrected chi connectivity index (χ1v) is 9.50. The Balaban J connectivity index is 1.58. The maximum absolute atomic E-state index is 13.0. The average molecular weight is 401 g/mol. The number of ether oxygens (including phenoxy) is 2. The quantitative estimate of drug-likeness (QED) is 0.738. The third kappa shape index (κ3) is 3.23. The van der Waals surface area contributed by atoms with Gasteiger partial charge in [0.05, 0.1) is 32.4 Å². The standard InChI is InChI=1S/C21H21ClN2O4/c1-27-18-8-13-6-7-23(12-14(13)9-19(18)28-2)17-11-20(25)24(21(17)26)16-5-3-4-15(22)10-16/h3-5,8-10,17H,6-7,11-12H2,1-2H3. The van der Waals surface area contributed by atoms with Gasteiger partial charge in [0.15, 0.2) is 11.5 Å². The number of benzene rings is 2. The van der Waals surface area contributed by atoms with Crippen LogP contribution in [-0.2, 0) is 22.6 Å². The second kappa shape index (κ2) is 7.45. The van der Waals surface area contributed by atoms with Crippen LogP contribution in [0.3, 0.4) is 0 Å². The highest BCUT2D eigenvalue weighted by molar-refractivity contribution is 6.31. The number of hydrogen-bond donors (Lipinski definition) is 0. The zero-order valence-electron chi connectivity index (χ0n) is 15.8. The van der Waals surface area contributed by atoms with Gasteiger partial charge in [0.25, 0.3) is 5.91 Å². The summed E-state index contributed by atoms with van der Waals surface area (Å²) in [6, 6.07) is 10.3. The Bertz CT molecular complexity index is 946. The molecule has 28 heavy (non-hydrogen) atoms. The molecule has 0 bridgehead atoms. The van der Waals surface area contributed by atoms with E-state index in [0.29, 0.717) is 35.3 Å². The lowest BCUT2D eigenvalue weighted by Gasteiger charge is -2.32. The van der Waals surface area contributed by atoms with Gasteiger partial charge in [-0.25, -0.2) is 4.90 Å². The lowest BCUT2D eigenvalue weighted by molar-refractivity contribution is -0.123. The molecule has 7 heteroatoms. The molecule has 2 aromatic rings. The van der Waals surface area contributed by atoms with Gasteiger partial charge >= 0.3 is 0 Å². The van der Waals surface area contributed by atoms with E-state index in [-0.39, 0.29) is 18.2 Å². The SMILES string of the molecule is COc1cc2c(cc1OC)CN(C1CC(=O)N(c3cccc(Cl)c3)C1=O)CC2. The van der Waals surface area contributed by atoms with Crippen LogP contribution in [0.4, 0.5) is 5.69 Å². The maximum atomic E-state index is 13.0. The Labute approximate surface area is 168 Å². The molecule has 146 valence electrons. The zero-order valence-corrected chi connectivity index (χ0v) is 16.5. The van der Waals surface area contributed by atoms with E-state index in [1.54, 1.807) is 38.5 Å². The van der Waals surface area contributed by atoms with Crippen LogP contribution in [0.15, 0.2) is 36.4 Å². The first kappa shape index (κ1) is 18.8. The topological polar surface area (TPSA) is 59.1 Å². The molecule has 0 spiro atoms. The fourth-order valence-corrected chi connectivity index (χ4v) is 4.14. The Kier molecular flexibility index (Phi) is 5.00. The number of methoxy groups -OCH3 is 2. The Morgan fingerprint density at radius 1 is 1.04 bits per heavy atom. The minimum Gasteiger partial charge on any atom is -0.493 e. The third-order valence-corrected chi connectivity index (χ3v) is 5.61. The second-order valence-corrected chi connectivity index (χ2v) is 7.40. The molecular formula is C21H21ClN2O4. The van der Waals surface area contributed by atoms with Crippen LogP contribution in [-0.4, -0.2) is 43.5 Å². The van der Waals surface area contributed by atoms with Gasteiger partial charge in [0.1, 0.15) is 0 Å². The molecule has 2 aromatic carbocycles. The van der Waals surface area contributed by atoms with Gasteiger partial charge in [-0.3, -0.25) is 14.5 Å². The van der Waals surface area contributed by atoms with Crippen molar-refractivity contribution in [3.05, 3.63) is 52.5 Å². The van der Waals surface area contributed by atoms with E-state index < -0.39 is 6.04 Å². The van der Waals surface area contributed by atoms with Gasteiger partial charge in [0, 0.05) is 18.1 Å². The van der Waals surface area contributed by atoms with Gasteiger partial charge in [-0.1, -0.05) is 17.7 Å². The number of fused-ring (bicyclic) bond motifs is 1. The number of hydrogen-bond acceptors (Lipinski definition) is 5. The monoisotopic (exact) mass is 400 g/mol. The summed E-state index contributed by atoms with van der Waals surface area (Å²) >= 11 is 6.03. The van der Waals surface area contributed by atoms with Crippen LogP contribution in [0.2, 0.25) is 5.02 Å². The third-order valence-electron chi connectivity index (χ3n) is 5.38. The summed E-state index contributed by atoms with van der Waals surface area (Å²) < 4.78 is 10.8. The fourth-order valence-electron chi connectivity index (χ4n) is 3.96. The van der Waals surface area contributed by atoms with Crippen LogP contribution in [0.1, 0.15) is 17.5 Å². The first-order valence-electron chi connectivity index (χ1n) is 9.12. The Morgan fingerprint density at radius 3 is 2.43 bits per heavy atom. The molecule has 1 fully saturated rings. The summed E-state index contributed by atoms with van der Waals surface area (Å²) in [5.41, 5.74) is 2.79. The molecule has 2 aliphatic rings. The van der Waals surface area contributed by atoms with E-state index in [9.17, 15) is 9.59 Å². The molecule has 4 rings (SSSR count). The summed E-state index contributed by atoms with van der Waals surface area (Å²) in [6.45, 7) is 1.29. The highest BCUT2D eigenvalue weighted by atomic mass is 35.5. The summed E-state index contributed by atoms with van der Waals surface area (Å²) in [6.07, 6.45) is 0.957. The fraction of sp³-hybridized carbons (Fsp3) is 0.333. The summed E-state index contributed by atoms with van der Waals surface area (Å²) in [5.74, 6) is 0.970. The Morgan fingerprint density at radius 2 is 1.75 bits per heavy atom. The number of halogens is 1. The lowest BCUT2D eigenvalue weighted by Crippen LogP contribution is -2.44. The molecule has 2 aliphatic heterocycles. The van der Waals surface area contributed by atoms with Gasteiger partial charge in [0.2, 0.25) is 5.91 Å². The summed E-state index contributed by atoms with van der Waals surface area (Å²) in [5, 5.41) is 0.495. The van der Waals surface area contributed by atoms with Crippen molar-refractivity contribution in [3.63, 3.8) is 0 Å². The zero-order chi connectivity index (χ0) is 19.8. The summed E-state index contributed by atoms with van der Waals surface area (Å²) in [4.78, 5) is 28.9. The van der Waals surface area contributed by atoms with Crippen molar-refractivity contribution in [2.45, 2.75) is 25.4 Å². The van der Waals surface area contributed by atoms with Gasteiger partial charge in [-0.05, 0) is 47.9 Å². The summed E-state index contributed by atoms with van der Waals surface area (Å²) in [7, 11) is 3.22. The number of carbonyl (C=O) groups excluding carboxylic acids is 2. The molecular weight excluding hydrogens is 380 g/mol. The number of carbonyl (C=O) groups is 2. The predicted octanol–water partition coefficient (Wildman–Crippen LogP) is 3.05. The van der Waals surface area contributed by atoms with E-state index >= 15 is 0 Å². The van der Waals surface area contributed by atoms with Gasteiger partial charge in [-0.2, -0.15) is 0 Å². The van der Waals surface area contributed by atoms with E-state index in [2.05, 4.69) is 4.90 Å². The van der Waals surface area contributed by atoms with Crippen molar-refractivity contribution in [3.8, 4) is 11.5 Å². The van der Waals surface area contributed by atoms with Crippen molar-refractivity contribution in [2.75, 3.05) is 25.7 Å². The number of rotatable bonds is 4. The number of anilines is 1. The van der Waals surface area contributed by atoms with Crippen LogP contribution >= 0.6 is 11.6 Å². The highest BCUT2D eigenvalue weighted by Crippen LogP contribution is 2.35. The smallest absolute Gasteiger partial charge is 0.251 e. The van der Waals surface area contributed by atoms with E-state index in [0.717, 1.165) is 12.0 Å². The molecule has 2 heterocycles. The molecule has 0 saturated carbocycles. The van der Waals surface area contributed by atoms with Crippen LogP contribution in [0, 0.1) is 0 Å². The highest BCUT2D eigenvalue weighted by Gasteiger charge is 2.43. The van der Waals surface area contributed by atoms with Crippen molar-refractivity contribution < 1.29 is 19.1 Å². The largest absolute Gasteiger partial charge is 0.493 e. The molecule has 2 amide bonds. The Hall–Kier alpha value is -2.57. The van der Waals surface area contributed by atoms with Crippen molar-refractivity contribution in [1.82, 2.24) is 4.90 Å². The lowest BCUT2D eigenvalue weighted by atomic mass is 9.97. The number of imide groups is 1. The number of amides is 2. The van der Waals surface area contributed by atoms with Crippen molar-refractivity contribution in [2.24, 2.45) is 0 Å². The minimum atomic E-state index is -0.465. The first-order chi connectivity index (χ1) is 13.5. The van der Waals surface area contributed by atoms with Crippen LogP contribution in [0.5, 0.6) is 11.5 Å². The molecule has 0 aromatic heterocycles. The second-order valence-electron chi connectivity index (χ2n) is 6.96. The van der Waals surface area contributed by atoms with Gasteiger partial charge < -0.3 is 9.47 Å². The molecule has 0 aliphatic carbocycles. The van der Waals surface area contributed by atoms with Crippen LogP contribution < -0.4 is 14.4 Å². The number of nitrogens with zero attached hydrogens (tertiary/aromatic N) is 2. The van der Waals surface area contributed by atoms with Crippen molar-refractivity contribution >= 4 is 29.1 Å². The normalized spacial score (nSPS) is 19.7. The molecule has 1 atom stereocenters. The van der Waals surface area contributed by atoms with Gasteiger partial charge in [-0.15, -0.1) is 0 Å². The molecule has 6 nitrogen and oxygen atoms in total. The van der Waals surface area contributed by atoms with Crippen LogP contribution in [0.25, 0.3) is 0 Å². The van der Waals surface area contributed by atoms with E-state index in [1.807, 2.05) is 12.1 Å². The molecule has 0 radical (unpaired) electrons. The van der Waals surface area contributed by atoms with E-state index in [1.165, 1.54) is 10.5 Å². The average Bonchev–Trinajstić information content (AvgIpc) is 3.00. The van der Waals surface area contributed by atoms with Crippen molar-refractivity contribution in [1.29, 1.82) is 0 Å². The maximum Gasteiger partial charge on any atom is 0.251 e. The molecule has 0 N–H and O–H groups in total. The predicted molar refractivity (Wildman–Crippen MR) is 106 cm³/mol. The molecule has 1 unspecified atom stereocenters. The minimum absolute atomic E-state index is 0.175. The van der Waals surface area contributed by atoms with E-state index in [4.69, 9.17) is 21.1 Å². The molecule has 1 saturated heterocycles.